The molecule has 0 amide bonds. The van der Waals surface area contributed by atoms with Crippen LogP contribution in [0.15, 0.2) is 34.9 Å². The molecular weight excluding hydrogens is 292 g/mol. The summed E-state index contributed by atoms with van der Waals surface area (Å²) < 4.78 is 31.9. The van der Waals surface area contributed by atoms with E-state index in [1.54, 1.807) is 12.3 Å². The fourth-order valence-corrected chi connectivity index (χ4v) is 1.60. The van der Waals surface area contributed by atoms with Gasteiger partial charge in [-0.05, 0) is 34.5 Å². The molecule has 1 heterocycles. The van der Waals surface area contributed by atoms with Gasteiger partial charge in [0.25, 0.3) is 0 Å². The number of hydrogen-bond donors (Lipinski definition) is 0. The molecule has 0 unspecified atom stereocenters. The van der Waals surface area contributed by atoms with Gasteiger partial charge in [0, 0.05) is 24.4 Å². The Morgan fingerprint density at radius 3 is 2.47 bits per heavy atom. The SMILES string of the molecule is Cc1ccnc(Oc2cc(F)cc(F)c2)c1Br. The number of halogens is 3. The van der Waals surface area contributed by atoms with Crippen LogP contribution in [0.1, 0.15) is 5.56 Å². The van der Waals surface area contributed by atoms with Gasteiger partial charge in [0.05, 0.1) is 4.47 Å². The standard InChI is InChI=1S/C12H8BrF2NO/c1-7-2-3-16-12(11(7)13)17-10-5-8(14)4-9(15)6-10/h2-6H,1H3. The normalized spacial score (nSPS) is 10.4. The summed E-state index contributed by atoms with van der Waals surface area (Å²) in [5, 5.41) is 0. The van der Waals surface area contributed by atoms with E-state index < -0.39 is 11.6 Å². The number of nitrogens with zero attached hydrogens (tertiary/aromatic N) is 1. The summed E-state index contributed by atoms with van der Waals surface area (Å²) in [6.07, 6.45) is 1.56. The highest BCUT2D eigenvalue weighted by Crippen LogP contribution is 2.30. The third kappa shape index (κ3) is 2.79. The molecule has 0 N–H and O–H groups in total. The minimum atomic E-state index is -0.691. The van der Waals surface area contributed by atoms with Crippen LogP contribution < -0.4 is 4.74 Å². The van der Waals surface area contributed by atoms with Gasteiger partial charge in [-0.1, -0.05) is 0 Å². The van der Waals surface area contributed by atoms with E-state index in [0.717, 1.165) is 23.8 Å². The zero-order valence-corrected chi connectivity index (χ0v) is 10.5. The predicted molar refractivity (Wildman–Crippen MR) is 63.1 cm³/mol. The third-order valence-electron chi connectivity index (χ3n) is 2.10. The molecule has 0 saturated heterocycles. The maximum Gasteiger partial charge on any atom is 0.233 e. The van der Waals surface area contributed by atoms with Crippen LogP contribution in [-0.2, 0) is 0 Å². The van der Waals surface area contributed by atoms with Gasteiger partial charge >= 0.3 is 0 Å². The second-order valence-electron chi connectivity index (χ2n) is 3.45. The van der Waals surface area contributed by atoms with Crippen molar-refractivity contribution in [1.29, 1.82) is 0 Å². The number of aryl methyl sites for hydroxylation is 1. The van der Waals surface area contributed by atoms with E-state index in [1.165, 1.54) is 0 Å². The molecular formula is C12H8BrF2NO. The van der Waals surface area contributed by atoms with E-state index >= 15 is 0 Å². The Morgan fingerprint density at radius 2 is 1.82 bits per heavy atom. The lowest BCUT2D eigenvalue weighted by Crippen LogP contribution is -1.92. The van der Waals surface area contributed by atoms with Gasteiger partial charge in [-0.2, -0.15) is 0 Å². The first kappa shape index (κ1) is 12.0. The summed E-state index contributed by atoms with van der Waals surface area (Å²) in [6.45, 7) is 1.87. The number of ether oxygens (including phenoxy) is 1. The van der Waals surface area contributed by atoms with Crippen LogP contribution in [-0.4, -0.2) is 4.98 Å². The van der Waals surface area contributed by atoms with E-state index in [-0.39, 0.29) is 11.6 Å². The molecule has 0 fully saturated rings. The molecule has 17 heavy (non-hydrogen) atoms. The van der Waals surface area contributed by atoms with E-state index in [1.807, 2.05) is 6.92 Å². The molecule has 0 spiro atoms. The third-order valence-corrected chi connectivity index (χ3v) is 3.07. The fourth-order valence-electron chi connectivity index (χ4n) is 1.29. The lowest BCUT2D eigenvalue weighted by molar-refractivity contribution is 0.448. The number of aromatic nitrogens is 1. The van der Waals surface area contributed by atoms with Crippen LogP contribution in [0.4, 0.5) is 8.78 Å². The molecule has 5 heteroatoms. The number of hydrogen-bond acceptors (Lipinski definition) is 2. The molecule has 0 saturated carbocycles. The molecule has 0 aliphatic heterocycles. The lowest BCUT2D eigenvalue weighted by Gasteiger charge is -2.08. The van der Waals surface area contributed by atoms with Crippen LogP contribution >= 0.6 is 15.9 Å². The van der Waals surface area contributed by atoms with Gasteiger partial charge in [0.15, 0.2) is 0 Å². The van der Waals surface area contributed by atoms with Gasteiger partial charge in [0.1, 0.15) is 17.4 Å². The Morgan fingerprint density at radius 1 is 1.18 bits per heavy atom. The highest BCUT2D eigenvalue weighted by molar-refractivity contribution is 9.10. The summed E-state index contributed by atoms with van der Waals surface area (Å²) in [6, 6.07) is 4.77. The first-order valence-corrected chi connectivity index (χ1v) is 5.60. The summed E-state index contributed by atoms with van der Waals surface area (Å²) >= 11 is 3.30. The Bertz CT molecular complexity index is 540. The van der Waals surface area contributed by atoms with E-state index in [9.17, 15) is 8.78 Å². The first-order chi connectivity index (χ1) is 8.06. The number of pyridine rings is 1. The van der Waals surface area contributed by atoms with Crippen molar-refractivity contribution in [3.63, 3.8) is 0 Å². The van der Waals surface area contributed by atoms with Crippen LogP contribution in [0, 0.1) is 18.6 Å². The van der Waals surface area contributed by atoms with E-state index in [4.69, 9.17) is 4.74 Å². The van der Waals surface area contributed by atoms with Gasteiger partial charge < -0.3 is 4.74 Å². The minimum Gasteiger partial charge on any atom is -0.438 e. The quantitative estimate of drug-likeness (QED) is 0.828. The first-order valence-electron chi connectivity index (χ1n) is 4.81. The van der Waals surface area contributed by atoms with Crippen LogP contribution in [0.25, 0.3) is 0 Å². The van der Waals surface area contributed by atoms with Crippen molar-refractivity contribution < 1.29 is 13.5 Å². The summed E-state index contributed by atoms with van der Waals surface area (Å²) in [5.41, 5.74) is 0.923. The van der Waals surface area contributed by atoms with Gasteiger partial charge in [-0.15, -0.1) is 0 Å². The summed E-state index contributed by atoms with van der Waals surface area (Å²) in [4.78, 5) is 3.98. The van der Waals surface area contributed by atoms with E-state index in [0.29, 0.717) is 4.47 Å². The van der Waals surface area contributed by atoms with Crippen LogP contribution in [0.2, 0.25) is 0 Å². The highest BCUT2D eigenvalue weighted by atomic mass is 79.9. The molecule has 2 aromatic rings. The van der Waals surface area contributed by atoms with Gasteiger partial charge in [-0.25, -0.2) is 13.8 Å². The van der Waals surface area contributed by atoms with Crippen LogP contribution in [0.3, 0.4) is 0 Å². The molecule has 0 radical (unpaired) electrons. The van der Waals surface area contributed by atoms with Crippen molar-refractivity contribution in [3.05, 3.63) is 52.1 Å². The average molecular weight is 300 g/mol. The minimum absolute atomic E-state index is 0.0706. The molecule has 0 atom stereocenters. The van der Waals surface area contributed by atoms with Crippen LogP contribution in [0.5, 0.6) is 11.6 Å². The maximum absolute atomic E-state index is 13.0. The number of rotatable bonds is 2. The Kier molecular flexibility index (Phi) is 3.38. The Hall–Kier alpha value is -1.49. The maximum atomic E-state index is 13.0. The van der Waals surface area contributed by atoms with Crippen molar-refractivity contribution in [3.8, 4) is 11.6 Å². The fraction of sp³-hybridized carbons (Fsp3) is 0.0833. The molecule has 2 nitrogen and oxygen atoms in total. The Labute approximate surface area is 105 Å². The average Bonchev–Trinajstić information content (AvgIpc) is 2.23. The number of benzene rings is 1. The van der Waals surface area contributed by atoms with Crippen molar-refractivity contribution in [2.24, 2.45) is 0 Å². The largest absolute Gasteiger partial charge is 0.438 e. The van der Waals surface area contributed by atoms with Crippen molar-refractivity contribution >= 4 is 15.9 Å². The molecule has 2 rings (SSSR count). The monoisotopic (exact) mass is 299 g/mol. The highest BCUT2D eigenvalue weighted by Gasteiger charge is 2.08. The summed E-state index contributed by atoms with van der Waals surface area (Å²) in [7, 11) is 0. The summed E-state index contributed by atoms with van der Waals surface area (Å²) in [5.74, 6) is -1.04. The molecule has 0 aliphatic rings. The molecule has 1 aromatic heterocycles. The van der Waals surface area contributed by atoms with Crippen molar-refractivity contribution in [2.45, 2.75) is 6.92 Å². The molecule has 0 aliphatic carbocycles. The molecule has 0 bridgehead atoms. The topological polar surface area (TPSA) is 22.1 Å². The van der Waals surface area contributed by atoms with Crippen molar-refractivity contribution in [2.75, 3.05) is 0 Å². The van der Waals surface area contributed by atoms with Crippen molar-refractivity contribution in [1.82, 2.24) is 4.98 Å². The zero-order chi connectivity index (χ0) is 12.4. The molecule has 1 aromatic carbocycles. The Balaban J connectivity index is 2.34. The van der Waals surface area contributed by atoms with Gasteiger partial charge in [-0.3, -0.25) is 0 Å². The molecule has 88 valence electrons. The van der Waals surface area contributed by atoms with E-state index in [2.05, 4.69) is 20.9 Å². The van der Waals surface area contributed by atoms with Gasteiger partial charge in [0.2, 0.25) is 5.88 Å². The lowest BCUT2D eigenvalue weighted by atomic mass is 10.3. The second kappa shape index (κ2) is 4.79. The smallest absolute Gasteiger partial charge is 0.233 e. The zero-order valence-electron chi connectivity index (χ0n) is 8.88. The predicted octanol–water partition coefficient (Wildman–Crippen LogP) is 4.22. The second-order valence-corrected chi connectivity index (χ2v) is 4.25.